The number of phenols is 1. The van der Waals surface area contributed by atoms with E-state index in [-0.39, 0.29) is 35.2 Å². The van der Waals surface area contributed by atoms with Gasteiger partial charge in [0.1, 0.15) is 11.3 Å². The van der Waals surface area contributed by atoms with Crippen molar-refractivity contribution >= 4 is 16.9 Å². The Balaban J connectivity index is 1.80. The zero-order valence-corrected chi connectivity index (χ0v) is 16.7. The lowest BCUT2D eigenvalue weighted by Gasteiger charge is -2.43. The molecule has 1 aliphatic rings. The molecule has 1 fully saturated rings. The lowest BCUT2D eigenvalue weighted by molar-refractivity contribution is -0.787. The molecule has 1 aromatic heterocycles. The Labute approximate surface area is 159 Å². The fourth-order valence-corrected chi connectivity index (χ4v) is 4.65. The van der Waals surface area contributed by atoms with Crippen molar-refractivity contribution in [3.05, 3.63) is 39.7 Å². The number of rotatable bonds is 3. The number of carbonyl (C=O) groups is 1. The Hall–Kier alpha value is -2.34. The van der Waals surface area contributed by atoms with Crippen molar-refractivity contribution in [1.29, 1.82) is 0 Å². The minimum absolute atomic E-state index is 0.00788. The van der Waals surface area contributed by atoms with Crippen molar-refractivity contribution in [1.82, 2.24) is 5.32 Å². The second-order valence-corrected chi connectivity index (χ2v) is 9.14. The van der Waals surface area contributed by atoms with Crippen LogP contribution in [-0.4, -0.2) is 28.1 Å². The topological polar surface area (TPSA) is 96.2 Å². The minimum atomic E-state index is -0.529. The van der Waals surface area contributed by atoms with E-state index in [4.69, 9.17) is 4.42 Å². The lowest BCUT2D eigenvalue weighted by atomic mass is 9.79. The van der Waals surface area contributed by atoms with E-state index in [1.807, 2.05) is 0 Å². The van der Waals surface area contributed by atoms with Crippen LogP contribution in [0.1, 0.15) is 51.7 Å². The number of nitrogens with two attached hydrogens (primary N) is 1. The van der Waals surface area contributed by atoms with E-state index in [1.165, 1.54) is 6.07 Å². The molecule has 1 aliphatic heterocycles. The first-order valence-electron chi connectivity index (χ1n) is 9.37. The SMILES string of the molecule is Cc1c(CC(=O)NC2CC(C)(C)[NH2+]C(C)(C)C2)c(=O)oc2cc(O)ccc12. The molecule has 0 unspecified atom stereocenters. The van der Waals surface area contributed by atoms with E-state index in [0.717, 1.165) is 18.2 Å². The van der Waals surface area contributed by atoms with Crippen LogP contribution in [0.2, 0.25) is 0 Å². The molecule has 3 rings (SSSR count). The van der Waals surface area contributed by atoms with Gasteiger partial charge in [-0.2, -0.15) is 0 Å². The van der Waals surface area contributed by atoms with E-state index < -0.39 is 5.63 Å². The third-order valence-electron chi connectivity index (χ3n) is 5.30. The van der Waals surface area contributed by atoms with Gasteiger partial charge in [-0.25, -0.2) is 4.79 Å². The molecule has 6 nitrogen and oxygen atoms in total. The Bertz CT molecular complexity index is 927. The smallest absolute Gasteiger partial charge is 0.340 e. The standard InChI is InChI=1S/C21H28N2O4/c1-12-15-7-6-14(24)8-17(15)27-19(26)16(12)9-18(25)22-13-10-20(2,3)23-21(4,5)11-13/h6-8,13,23-24H,9-11H2,1-5H3,(H,22,25)/p+1. The molecule has 1 saturated heterocycles. The van der Waals surface area contributed by atoms with Gasteiger partial charge in [0.05, 0.1) is 23.1 Å². The van der Waals surface area contributed by atoms with Crippen LogP contribution in [-0.2, 0) is 11.2 Å². The Morgan fingerprint density at radius 3 is 2.52 bits per heavy atom. The highest BCUT2D eigenvalue weighted by atomic mass is 16.4. The van der Waals surface area contributed by atoms with Crippen molar-refractivity contribution in [3.63, 3.8) is 0 Å². The summed E-state index contributed by atoms with van der Waals surface area (Å²) < 4.78 is 5.31. The molecule has 6 heteroatoms. The number of amides is 1. The van der Waals surface area contributed by atoms with Crippen LogP contribution in [0.5, 0.6) is 5.75 Å². The van der Waals surface area contributed by atoms with E-state index in [2.05, 4.69) is 38.3 Å². The third kappa shape index (κ3) is 4.33. The maximum Gasteiger partial charge on any atom is 0.340 e. The molecule has 0 radical (unpaired) electrons. The fourth-order valence-electron chi connectivity index (χ4n) is 4.65. The molecule has 4 N–H and O–H groups in total. The average molecular weight is 373 g/mol. The number of nitrogens with one attached hydrogen (secondary N) is 1. The number of phenolic OH excluding ortho intramolecular Hbond substituents is 1. The Morgan fingerprint density at radius 2 is 1.89 bits per heavy atom. The molecule has 0 aliphatic carbocycles. The third-order valence-corrected chi connectivity index (χ3v) is 5.30. The summed E-state index contributed by atoms with van der Waals surface area (Å²) in [4.78, 5) is 25.0. The van der Waals surface area contributed by atoms with Crippen LogP contribution in [0, 0.1) is 6.92 Å². The number of carbonyl (C=O) groups excluding carboxylic acids is 1. The second-order valence-electron chi connectivity index (χ2n) is 9.14. The van der Waals surface area contributed by atoms with Gasteiger partial charge in [0, 0.05) is 30.3 Å². The molecule has 0 spiro atoms. The molecule has 0 atom stereocenters. The summed E-state index contributed by atoms with van der Waals surface area (Å²) in [5.41, 5.74) is 0.992. The van der Waals surface area contributed by atoms with Crippen molar-refractivity contribution in [2.45, 2.75) is 71.0 Å². The van der Waals surface area contributed by atoms with Gasteiger partial charge in [0.2, 0.25) is 5.91 Å². The molecule has 0 saturated carbocycles. The summed E-state index contributed by atoms with van der Waals surface area (Å²) in [6.07, 6.45) is 1.76. The normalized spacial score (nSPS) is 19.1. The van der Waals surface area contributed by atoms with Crippen molar-refractivity contribution in [2.75, 3.05) is 0 Å². The molecule has 1 amide bonds. The summed E-state index contributed by atoms with van der Waals surface area (Å²) in [6, 6.07) is 4.74. The number of aromatic hydroxyl groups is 1. The molecule has 2 heterocycles. The maximum absolute atomic E-state index is 12.7. The maximum atomic E-state index is 12.7. The molecule has 0 bridgehead atoms. The molecule has 27 heavy (non-hydrogen) atoms. The molecule has 146 valence electrons. The first kappa shape index (κ1) is 19.4. The van der Waals surface area contributed by atoms with Crippen molar-refractivity contribution in [3.8, 4) is 5.75 Å². The van der Waals surface area contributed by atoms with Crippen LogP contribution >= 0.6 is 0 Å². The number of hydrogen-bond donors (Lipinski definition) is 3. The quantitative estimate of drug-likeness (QED) is 0.714. The van der Waals surface area contributed by atoms with E-state index >= 15 is 0 Å². The van der Waals surface area contributed by atoms with Gasteiger partial charge in [-0.05, 0) is 52.3 Å². The molecule has 2 aromatic rings. The highest BCUT2D eigenvalue weighted by Gasteiger charge is 2.42. The summed E-state index contributed by atoms with van der Waals surface area (Å²) >= 11 is 0. The number of quaternary nitrogens is 1. The Morgan fingerprint density at radius 1 is 1.26 bits per heavy atom. The Kier molecular flexibility index (Phi) is 4.80. The van der Waals surface area contributed by atoms with E-state index in [9.17, 15) is 14.7 Å². The van der Waals surface area contributed by atoms with Crippen LogP contribution in [0.25, 0.3) is 11.0 Å². The molecular weight excluding hydrogens is 344 g/mol. The predicted molar refractivity (Wildman–Crippen MR) is 104 cm³/mol. The van der Waals surface area contributed by atoms with Gasteiger partial charge in [-0.15, -0.1) is 0 Å². The number of benzene rings is 1. The predicted octanol–water partition coefficient (Wildman–Crippen LogP) is 1.75. The summed E-state index contributed by atoms with van der Waals surface area (Å²) in [5.74, 6) is -0.128. The summed E-state index contributed by atoms with van der Waals surface area (Å²) in [6.45, 7) is 10.5. The average Bonchev–Trinajstić information content (AvgIpc) is 2.47. The minimum Gasteiger partial charge on any atom is -0.508 e. The van der Waals surface area contributed by atoms with Gasteiger partial charge in [0.15, 0.2) is 0 Å². The van der Waals surface area contributed by atoms with E-state index in [0.29, 0.717) is 16.7 Å². The number of hydrogen-bond acceptors (Lipinski definition) is 4. The van der Waals surface area contributed by atoms with Gasteiger partial charge < -0.3 is 20.2 Å². The number of fused-ring (bicyclic) bond motifs is 1. The van der Waals surface area contributed by atoms with Crippen LogP contribution in [0.4, 0.5) is 0 Å². The highest BCUT2D eigenvalue weighted by Crippen LogP contribution is 2.24. The first-order chi connectivity index (χ1) is 12.5. The zero-order chi connectivity index (χ0) is 20.0. The summed E-state index contributed by atoms with van der Waals surface area (Å²) in [7, 11) is 0. The molecule has 1 aromatic carbocycles. The fraction of sp³-hybridized carbons (Fsp3) is 0.524. The van der Waals surface area contributed by atoms with Crippen molar-refractivity contribution in [2.24, 2.45) is 0 Å². The highest BCUT2D eigenvalue weighted by molar-refractivity contribution is 5.85. The van der Waals surface area contributed by atoms with Gasteiger partial charge in [0.25, 0.3) is 0 Å². The van der Waals surface area contributed by atoms with Crippen molar-refractivity contribution < 1.29 is 19.6 Å². The summed E-state index contributed by atoms with van der Waals surface area (Å²) in [5, 5.41) is 15.8. The van der Waals surface area contributed by atoms with Crippen LogP contribution < -0.4 is 16.3 Å². The van der Waals surface area contributed by atoms with Crippen LogP contribution in [0.3, 0.4) is 0 Å². The van der Waals surface area contributed by atoms with Crippen LogP contribution in [0.15, 0.2) is 27.4 Å². The largest absolute Gasteiger partial charge is 0.508 e. The number of aryl methyl sites for hydroxylation is 1. The van der Waals surface area contributed by atoms with Gasteiger partial charge in [-0.1, -0.05) is 0 Å². The monoisotopic (exact) mass is 373 g/mol. The first-order valence-corrected chi connectivity index (χ1v) is 9.37. The van der Waals surface area contributed by atoms with Gasteiger partial charge >= 0.3 is 5.63 Å². The number of piperidine rings is 1. The van der Waals surface area contributed by atoms with Gasteiger partial charge in [-0.3, -0.25) is 4.79 Å². The lowest BCUT2D eigenvalue weighted by Crippen LogP contribution is -3.06. The molecular formula is C21H29N2O4+. The van der Waals surface area contributed by atoms with E-state index in [1.54, 1.807) is 19.1 Å². The second kappa shape index (κ2) is 6.68. The zero-order valence-electron chi connectivity index (χ0n) is 16.7.